The Morgan fingerprint density at radius 1 is 1.50 bits per heavy atom. The van der Waals surface area contributed by atoms with Crippen LogP contribution in [0.2, 0.25) is 0 Å². The molecule has 2 aromatic rings. The maximum atomic E-state index is 11.1. The van der Waals surface area contributed by atoms with Crippen LogP contribution in [0, 0.1) is 11.3 Å². The number of nitriles is 1. The van der Waals surface area contributed by atoms with Crippen molar-refractivity contribution in [3.8, 4) is 11.9 Å². The number of Topliss-reactive ketones (excluding diaryl/α,β-unsaturated/α-hetero) is 1. The molecule has 1 heterocycles. The Bertz CT molecular complexity index is 638. The van der Waals surface area contributed by atoms with E-state index < -0.39 is 0 Å². The van der Waals surface area contributed by atoms with E-state index >= 15 is 0 Å². The number of carbonyl (C=O) groups is 1. The number of aromatic hydroxyl groups is 1. The number of aromatic nitrogens is 2. The third-order valence-electron chi connectivity index (χ3n) is 2.51. The first-order chi connectivity index (χ1) is 8.60. The van der Waals surface area contributed by atoms with Crippen LogP contribution in [-0.4, -0.2) is 20.7 Å². The molecule has 0 aliphatic carbocycles. The predicted molar refractivity (Wildman–Crippen MR) is 64.2 cm³/mol. The fourth-order valence-corrected chi connectivity index (χ4v) is 1.61. The summed E-state index contributed by atoms with van der Waals surface area (Å²) in [5, 5.41) is 22.4. The molecule has 5 heteroatoms. The molecule has 0 unspecified atom stereocenters. The molecule has 0 saturated carbocycles. The van der Waals surface area contributed by atoms with Gasteiger partial charge in [-0.2, -0.15) is 10.4 Å². The third kappa shape index (κ3) is 2.38. The van der Waals surface area contributed by atoms with Gasteiger partial charge in [0.15, 0.2) is 5.78 Å². The zero-order valence-corrected chi connectivity index (χ0v) is 9.79. The van der Waals surface area contributed by atoms with E-state index in [0.717, 1.165) is 5.56 Å². The highest BCUT2D eigenvalue weighted by Gasteiger charge is 2.10. The van der Waals surface area contributed by atoms with Gasteiger partial charge in [-0.25, -0.2) is 4.68 Å². The van der Waals surface area contributed by atoms with E-state index in [1.807, 2.05) is 12.1 Å². The standard InChI is InChI=1S/C13H11N3O2/c1-9(17)12-6-13(18)16(15-12)8-11-4-2-3-10(5-11)7-14/h2-6,18H,8H2,1H3. The lowest BCUT2D eigenvalue weighted by atomic mass is 10.1. The van der Waals surface area contributed by atoms with Gasteiger partial charge in [-0.15, -0.1) is 0 Å². The van der Waals surface area contributed by atoms with Gasteiger partial charge in [-0.05, 0) is 17.7 Å². The Balaban J connectivity index is 2.28. The molecule has 1 aromatic heterocycles. The summed E-state index contributed by atoms with van der Waals surface area (Å²) in [7, 11) is 0. The van der Waals surface area contributed by atoms with Gasteiger partial charge < -0.3 is 5.11 Å². The zero-order valence-electron chi connectivity index (χ0n) is 9.79. The lowest BCUT2D eigenvalue weighted by Gasteiger charge is -2.03. The van der Waals surface area contributed by atoms with Crippen LogP contribution in [-0.2, 0) is 6.54 Å². The summed E-state index contributed by atoms with van der Waals surface area (Å²) in [5.41, 5.74) is 1.61. The summed E-state index contributed by atoms with van der Waals surface area (Å²) in [6.45, 7) is 1.71. The normalized spacial score (nSPS) is 10.0. The zero-order chi connectivity index (χ0) is 13.1. The molecule has 0 radical (unpaired) electrons. The average Bonchev–Trinajstić information content (AvgIpc) is 2.71. The monoisotopic (exact) mass is 241 g/mol. The Kier molecular flexibility index (Phi) is 3.11. The van der Waals surface area contributed by atoms with Crippen molar-refractivity contribution in [3.63, 3.8) is 0 Å². The van der Waals surface area contributed by atoms with Crippen LogP contribution in [0.15, 0.2) is 30.3 Å². The van der Waals surface area contributed by atoms with E-state index in [0.29, 0.717) is 12.1 Å². The summed E-state index contributed by atoms with van der Waals surface area (Å²) in [6.07, 6.45) is 0. The van der Waals surface area contributed by atoms with Gasteiger partial charge in [0.05, 0.1) is 18.2 Å². The number of ketones is 1. The average molecular weight is 241 g/mol. The SMILES string of the molecule is CC(=O)c1cc(O)n(Cc2cccc(C#N)c2)n1. The quantitative estimate of drug-likeness (QED) is 0.829. The van der Waals surface area contributed by atoms with Gasteiger partial charge in [0.1, 0.15) is 5.69 Å². The van der Waals surface area contributed by atoms with E-state index in [9.17, 15) is 9.90 Å². The lowest BCUT2D eigenvalue weighted by Crippen LogP contribution is -2.03. The molecule has 0 fully saturated rings. The predicted octanol–water partition coefficient (Wildman–Crippen LogP) is 1.71. The van der Waals surface area contributed by atoms with Crippen LogP contribution in [0.25, 0.3) is 0 Å². The minimum absolute atomic E-state index is 0.0671. The molecule has 18 heavy (non-hydrogen) atoms. The first-order valence-electron chi connectivity index (χ1n) is 5.37. The van der Waals surface area contributed by atoms with Crippen molar-refractivity contribution in [2.75, 3.05) is 0 Å². The summed E-state index contributed by atoms with van der Waals surface area (Å²) in [6, 6.07) is 10.4. The second-order valence-electron chi connectivity index (χ2n) is 3.91. The van der Waals surface area contributed by atoms with Crippen molar-refractivity contribution in [1.82, 2.24) is 9.78 Å². The van der Waals surface area contributed by atoms with Crippen molar-refractivity contribution in [3.05, 3.63) is 47.2 Å². The van der Waals surface area contributed by atoms with Gasteiger partial charge >= 0.3 is 0 Å². The highest BCUT2D eigenvalue weighted by molar-refractivity contribution is 5.92. The molecule has 0 aliphatic rings. The van der Waals surface area contributed by atoms with Crippen molar-refractivity contribution in [1.29, 1.82) is 5.26 Å². The van der Waals surface area contributed by atoms with Crippen molar-refractivity contribution in [2.24, 2.45) is 0 Å². The molecular formula is C13H11N3O2. The van der Waals surface area contributed by atoms with E-state index in [1.54, 1.807) is 18.2 Å². The third-order valence-corrected chi connectivity index (χ3v) is 2.51. The molecule has 1 N–H and O–H groups in total. The Morgan fingerprint density at radius 2 is 2.28 bits per heavy atom. The van der Waals surface area contributed by atoms with Gasteiger partial charge in [-0.1, -0.05) is 12.1 Å². The Labute approximate surface area is 104 Å². The number of carbonyl (C=O) groups excluding carboxylic acids is 1. The molecule has 0 spiro atoms. The minimum Gasteiger partial charge on any atom is -0.493 e. The molecule has 0 amide bonds. The number of nitrogens with zero attached hydrogens (tertiary/aromatic N) is 3. The molecule has 0 aliphatic heterocycles. The van der Waals surface area contributed by atoms with Crippen LogP contribution in [0.1, 0.15) is 28.5 Å². The molecule has 90 valence electrons. The van der Waals surface area contributed by atoms with Crippen LogP contribution in [0.5, 0.6) is 5.88 Å². The van der Waals surface area contributed by atoms with Gasteiger partial charge in [0.25, 0.3) is 0 Å². The van der Waals surface area contributed by atoms with Gasteiger partial charge in [0.2, 0.25) is 5.88 Å². The second-order valence-corrected chi connectivity index (χ2v) is 3.91. The van der Waals surface area contributed by atoms with Crippen LogP contribution >= 0.6 is 0 Å². The van der Waals surface area contributed by atoms with E-state index in [4.69, 9.17) is 5.26 Å². The van der Waals surface area contributed by atoms with E-state index in [2.05, 4.69) is 5.10 Å². The van der Waals surface area contributed by atoms with Crippen molar-refractivity contribution < 1.29 is 9.90 Å². The number of hydrogen-bond donors (Lipinski definition) is 1. The molecule has 2 rings (SSSR count). The van der Waals surface area contributed by atoms with Crippen LogP contribution in [0.3, 0.4) is 0 Å². The van der Waals surface area contributed by atoms with Gasteiger partial charge in [-0.3, -0.25) is 4.79 Å². The fraction of sp³-hybridized carbons (Fsp3) is 0.154. The second kappa shape index (κ2) is 4.72. The fourth-order valence-electron chi connectivity index (χ4n) is 1.61. The van der Waals surface area contributed by atoms with Crippen molar-refractivity contribution >= 4 is 5.78 Å². The van der Waals surface area contributed by atoms with E-state index in [1.165, 1.54) is 17.7 Å². The van der Waals surface area contributed by atoms with E-state index in [-0.39, 0.29) is 17.4 Å². The lowest BCUT2D eigenvalue weighted by molar-refractivity contribution is 0.101. The number of rotatable bonds is 3. The molecule has 0 saturated heterocycles. The molecule has 5 nitrogen and oxygen atoms in total. The van der Waals surface area contributed by atoms with Gasteiger partial charge in [0, 0.05) is 13.0 Å². The largest absolute Gasteiger partial charge is 0.493 e. The Hall–Kier alpha value is -2.61. The Morgan fingerprint density at radius 3 is 2.89 bits per heavy atom. The first-order valence-corrected chi connectivity index (χ1v) is 5.37. The molecular weight excluding hydrogens is 230 g/mol. The number of hydrogen-bond acceptors (Lipinski definition) is 4. The first kappa shape index (κ1) is 11.9. The minimum atomic E-state index is -0.199. The van der Waals surface area contributed by atoms with Crippen molar-refractivity contribution in [2.45, 2.75) is 13.5 Å². The molecule has 0 atom stereocenters. The topological polar surface area (TPSA) is 78.9 Å². The highest BCUT2D eigenvalue weighted by atomic mass is 16.3. The maximum Gasteiger partial charge on any atom is 0.210 e. The maximum absolute atomic E-state index is 11.1. The van der Waals surface area contributed by atoms with Crippen LogP contribution in [0.4, 0.5) is 0 Å². The summed E-state index contributed by atoms with van der Waals surface area (Å²) in [5.74, 6) is -0.266. The summed E-state index contributed by atoms with van der Waals surface area (Å²) in [4.78, 5) is 11.1. The highest BCUT2D eigenvalue weighted by Crippen LogP contribution is 2.15. The van der Waals surface area contributed by atoms with Crippen LogP contribution < -0.4 is 0 Å². The smallest absolute Gasteiger partial charge is 0.210 e. The number of benzene rings is 1. The summed E-state index contributed by atoms with van der Waals surface area (Å²) >= 11 is 0. The summed E-state index contributed by atoms with van der Waals surface area (Å²) < 4.78 is 1.33. The molecule has 0 bridgehead atoms. The molecule has 1 aromatic carbocycles.